The van der Waals surface area contributed by atoms with Gasteiger partial charge in [0.05, 0.1) is 0 Å². The Morgan fingerprint density at radius 1 is 1.05 bits per heavy atom. The first-order valence-corrected chi connectivity index (χ1v) is 8.14. The number of nitrogens with zero attached hydrogens (tertiary/aromatic N) is 6. The molecule has 7 heteroatoms. The summed E-state index contributed by atoms with van der Waals surface area (Å²) in [6.45, 7) is 8.49. The summed E-state index contributed by atoms with van der Waals surface area (Å²) in [6, 6.07) is 0. The molecule has 0 bridgehead atoms. The molecule has 0 aromatic carbocycles. The number of fused-ring (bicyclic) bond motifs is 1. The summed E-state index contributed by atoms with van der Waals surface area (Å²) in [6.07, 6.45) is 1.68. The quantitative estimate of drug-likeness (QED) is 0.838. The molecule has 0 amide bonds. The first-order valence-electron chi connectivity index (χ1n) is 7.26. The number of hydrogen-bond acceptors (Lipinski definition) is 7. The Hall–Kier alpha value is -1.76. The average molecular weight is 302 g/mol. The van der Waals surface area contributed by atoms with Crippen LogP contribution in [0.1, 0.15) is 11.3 Å². The monoisotopic (exact) mass is 302 g/mol. The van der Waals surface area contributed by atoms with Gasteiger partial charge in [-0.1, -0.05) is 11.3 Å². The van der Waals surface area contributed by atoms with Crippen LogP contribution < -0.4 is 9.80 Å². The molecule has 6 nitrogen and oxygen atoms in total. The Kier molecular flexibility index (Phi) is 3.02. The Labute approximate surface area is 127 Å². The van der Waals surface area contributed by atoms with Gasteiger partial charge in [0.25, 0.3) is 0 Å². The van der Waals surface area contributed by atoms with Crippen molar-refractivity contribution in [2.24, 2.45) is 11.8 Å². The summed E-state index contributed by atoms with van der Waals surface area (Å²) >= 11 is 1.63. The first-order chi connectivity index (χ1) is 10.2. The van der Waals surface area contributed by atoms with Crippen LogP contribution >= 0.6 is 11.3 Å². The highest BCUT2D eigenvalue weighted by Crippen LogP contribution is 2.36. The Morgan fingerprint density at radius 3 is 2.43 bits per heavy atom. The van der Waals surface area contributed by atoms with Crippen molar-refractivity contribution in [3.05, 3.63) is 23.1 Å². The third-order valence-corrected chi connectivity index (χ3v) is 5.46. The van der Waals surface area contributed by atoms with Gasteiger partial charge in [0, 0.05) is 49.3 Å². The van der Waals surface area contributed by atoms with E-state index in [4.69, 9.17) is 0 Å². The second-order valence-electron chi connectivity index (χ2n) is 5.96. The zero-order valence-corrected chi connectivity index (χ0v) is 13.0. The van der Waals surface area contributed by atoms with Gasteiger partial charge in [0.1, 0.15) is 17.7 Å². The Bertz CT molecular complexity index is 629. The predicted molar refractivity (Wildman–Crippen MR) is 82.8 cm³/mol. The fraction of sp³-hybridized carbons (Fsp3) is 0.571. The largest absolute Gasteiger partial charge is 0.356 e. The molecule has 21 heavy (non-hydrogen) atoms. The molecule has 2 aromatic rings. The molecular weight excluding hydrogens is 284 g/mol. The summed E-state index contributed by atoms with van der Waals surface area (Å²) in [4.78, 5) is 13.6. The van der Waals surface area contributed by atoms with Crippen LogP contribution in [-0.4, -0.2) is 46.3 Å². The maximum atomic E-state index is 4.50. The summed E-state index contributed by atoms with van der Waals surface area (Å²) < 4.78 is 0. The third-order valence-electron chi connectivity index (χ3n) is 4.71. The molecule has 2 aliphatic rings. The summed E-state index contributed by atoms with van der Waals surface area (Å²) in [5.74, 6) is 2.51. The maximum Gasteiger partial charge on any atom is 0.208 e. The van der Waals surface area contributed by atoms with Gasteiger partial charge in [-0.2, -0.15) is 0 Å². The molecule has 0 N–H and O–H groups in total. The van der Waals surface area contributed by atoms with Crippen LogP contribution in [0.25, 0.3) is 0 Å². The minimum atomic E-state index is 0.698. The minimum Gasteiger partial charge on any atom is -0.356 e. The Morgan fingerprint density at radius 2 is 1.76 bits per heavy atom. The average Bonchev–Trinajstić information content (AvgIpc) is 3.14. The third kappa shape index (κ3) is 2.16. The van der Waals surface area contributed by atoms with Crippen LogP contribution in [-0.2, 0) is 0 Å². The number of anilines is 2. The van der Waals surface area contributed by atoms with Gasteiger partial charge in [-0.15, -0.1) is 10.2 Å². The van der Waals surface area contributed by atoms with E-state index in [2.05, 4.69) is 43.8 Å². The van der Waals surface area contributed by atoms with E-state index >= 15 is 0 Å². The topological polar surface area (TPSA) is 58.0 Å². The number of aromatic nitrogens is 4. The highest BCUT2D eigenvalue weighted by atomic mass is 32.1. The van der Waals surface area contributed by atoms with Crippen molar-refractivity contribution in [3.8, 4) is 0 Å². The van der Waals surface area contributed by atoms with Crippen LogP contribution in [0.3, 0.4) is 0 Å². The normalized spacial score (nSPS) is 24.7. The van der Waals surface area contributed by atoms with Crippen molar-refractivity contribution in [1.82, 2.24) is 20.2 Å². The lowest BCUT2D eigenvalue weighted by Gasteiger charge is -2.23. The molecule has 2 saturated heterocycles. The first kappa shape index (κ1) is 12.9. The van der Waals surface area contributed by atoms with Crippen LogP contribution in [0.15, 0.2) is 11.8 Å². The van der Waals surface area contributed by atoms with Gasteiger partial charge >= 0.3 is 0 Å². The number of aryl methyl sites for hydroxylation is 1. The van der Waals surface area contributed by atoms with E-state index in [0.717, 1.165) is 42.8 Å². The molecule has 2 unspecified atom stereocenters. The van der Waals surface area contributed by atoms with Crippen LogP contribution in [0.2, 0.25) is 0 Å². The summed E-state index contributed by atoms with van der Waals surface area (Å²) in [5, 5.41) is 9.19. The molecule has 110 valence electrons. The van der Waals surface area contributed by atoms with Crippen molar-refractivity contribution >= 4 is 22.3 Å². The molecule has 4 rings (SSSR count). The van der Waals surface area contributed by atoms with Crippen LogP contribution in [0, 0.1) is 25.7 Å². The van der Waals surface area contributed by atoms with E-state index in [9.17, 15) is 0 Å². The van der Waals surface area contributed by atoms with E-state index in [-0.39, 0.29) is 0 Å². The minimum absolute atomic E-state index is 0.698. The fourth-order valence-corrected chi connectivity index (χ4v) is 4.05. The zero-order valence-electron chi connectivity index (χ0n) is 12.2. The second kappa shape index (κ2) is 4.91. The second-order valence-corrected chi connectivity index (χ2v) is 6.77. The summed E-state index contributed by atoms with van der Waals surface area (Å²) in [7, 11) is 0. The van der Waals surface area contributed by atoms with E-state index in [1.165, 1.54) is 5.56 Å². The molecule has 4 heterocycles. The smallest absolute Gasteiger partial charge is 0.208 e. The van der Waals surface area contributed by atoms with Gasteiger partial charge in [0.15, 0.2) is 0 Å². The van der Waals surface area contributed by atoms with Gasteiger partial charge in [0.2, 0.25) is 5.13 Å². The van der Waals surface area contributed by atoms with E-state index in [0.29, 0.717) is 11.8 Å². The maximum absolute atomic E-state index is 4.50. The fourth-order valence-electron chi connectivity index (χ4n) is 3.47. The van der Waals surface area contributed by atoms with Gasteiger partial charge in [-0.05, 0) is 13.8 Å². The van der Waals surface area contributed by atoms with Crippen molar-refractivity contribution in [2.45, 2.75) is 13.8 Å². The lowest BCUT2D eigenvalue weighted by Crippen LogP contribution is -2.29. The van der Waals surface area contributed by atoms with Crippen LogP contribution in [0.4, 0.5) is 10.9 Å². The lowest BCUT2D eigenvalue weighted by molar-refractivity contribution is 0.533. The molecule has 0 saturated carbocycles. The van der Waals surface area contributed by atoms with Gasteiger partial charge in [-0.3, -0.25) is 0 Å². The van der Waals surface area contributed by atoms with Crippen molar-refractivity contribution < 1.29 is 0 Å². The molecular formula is C14H18N6S. The molecule has 2 aliphatic heterocycles. The molecule has 0 aliphatic carbocycles. The number of hydrogen-bond donors (Lipinski definition) is 0. The van der Waals surface area contributed by atoms with E-state index in [1.54, 1.807) is 17.7 Å². The molecule has 2 atom stereocenters. The lowest BCUT2D eigenvalue weighted by atomic mass is 10.0. The Balaban J connectivity index is 1.50. The summed E-state index contributed by atoms with van der Waals surface area (Å²) in [5.41, 5.74) is 4.09. The van der Waals surface area contributed by atoms with Gasteiger partial charge < -0.3 is 9.80 Å². The molecule has 0 spiro atoms. The van der Waals surface area contributed by atoms with Gasteiger partial charge in [-0.25, -0.2) is 9.97 Å². The molecule has 2 fully saturated rings. The predicted octanol–water partition coefficient (Wildman–Crippen LogP) is 1.52. The standard InChI is InChI=1S/C14H18N6S/c1-9-10(2)15-7-16-13(9)19-3-11-5-20(6-12(11)4-19)14-18-17-8-21-14/h7-8,11-12H,3-6H2,1-2H3. The van der Waals surface area contributed by atoms with Crippen LogP contribution in [0.5, 0.6) is 0 Å². The molecule has 2 aromatic heterocycles. The van der Waals surface area contributed by atoms with E-state index < -0.39 is 0 Å². The highest BCUT2D eigenvalue weighted by Gasteiger charge is 2.41. The number of rotatable bonds is 2. The molecule has 0 radical (unpaired) electrons. The van der Waals surface area contributed by atoms with Crippen molar-refractivity contribution in [3.63, 3.8) is 0 Å². The SMILES string of the molecule is Cc1ncnc(N2CC3CN(c4nncs4)CC3C2)c1C. The van der Waals surface area contributed by atoms with Crippen molar-refractivity contribution in [2.75, 3.05) is 36.0 Å². The zero-order chi connectivity index (χ0) is 14.4. The van der Waals surface area contributed by atoms with E-state index in [1.807, 2.05) is 5.51 Å². The highest BCUT2D eigenvalue weighted by molar-refractivity contribution is 7.13. The van der Waals surface area contributed by atoms with Crippen molar-refractivity contribution in [1.29, 1.82) is 0 Å².